The molecule has 5 heteroatoms. The molecule has 1 aromatic carbocycles. The molecular weight excluding hydrogens is 310 g/mol. The third-order valence-electron chi connectivity index (χ3n) is 3.38. The molecule has 0 aliphatic carbocycles. The number of allylic oxidation sites excluding steroid dienone is 1. The van der Waals surface area contributed by atoms with Gasteiger partial charge in [0.25, 0.3) is 0 Å². The fraction of sp³-hybridized carbons (Fsp3) is 0.167. The Morgan fingerprint density at radius 2 is 2.17 bits per heavy atom. The van der Waals surface area contributed by atoms with Gasteiger partial charge in [-0.25, -0.2) is 4.98 Å². The van der Waals surface area contributed by atoms with Gasteiger partial charge in [-0.1, -0.05) is 17.2 Å². The summed E-state index contributed by atoms with van der Waals surface area (Å²) < 4.78 is 7.74. The Morgan fingerprint density at radius 3 is 3.00 bits per heavy atom. The maximum atomic E-state index is 6.20. The average molecular weight is 328 g/mol. The summed E-state index contributed by atoms with van der Waals surface area (Å²) in [6.07, 6.45) is 7.67. The molecule has 0 amide bonds. The van der Waals surface area contributed by atoms with Gasteiger partial charge in [0, 0.05) is 30.3 Å². The van der Waals surface area contributed by atoms with E-state index in [2.05, 4.69) is 10.3 Å². The standard InChI is InChI=1S/C18H18ClN3O/c1-13(2)7-11-23-17-12-14(5-6-15(17)19)21-18-16-4-3-9-22(16)10-8-20-18/h3-10,12H,11H2,1-2H3,(H,20,21). The summed E-state index contributed by atoms with van der Waals surface area (Å²) in [5.74, 6) is 1.44. The van der Waals surface area contributed by atoms with Gasteiger partial charge in [0.15, 0.2) is 5.82 Å². The van der Waals surface area contributed by atoms with Crippen molar-refractivity contribution in [1.82, 2.24) is 9.38 Å². The number of hydrogen-bond acceptors (Lipinski definition) is 3. The van der Waals surface area contributed by atoms with Crippen molar-refractivity contribution >= 4 is 28.6 Å². The van der Waals surface area contributed by atoms with Crippen molar-refractivity contribution in [3.63, 3.8) is 0 Å². The summed E-state index contributed by atoms with van der Waals surface area (Å²) in [7, 11) is 0. The Bertz CT molecular complexity index is 850. The van der Waals surface area contributed by atoms with Crippen LogP contribution in [-0.4, -0.2) is 16.0 Å². The van der Waals surface area contributed by atoms with Crippen molar-refractivity contribution in [1.29, 1.82) is 0 Å². The molecule has 0 atom stereocenters. The molecule has 0 spiro atoms. The molecule has 0 fully saturated rings. The number of hydrogen-bond donors (Lipinski definition) is 1. The zero-order chi connectivity index (χ0) is 16.2. The van der Waals surface area contributed by atoms with Gasteiger partial charge in [0.2, 0.25) is 0 Å². The van der Waals surface area contributed by atoms with Crippen LogP contribution in [0.15, 0.2) is 60.6 Å². The Morgan fingerprint density at radius 1 is 1.30 bits per heavy atom. The molecule has 0 bridgehead atoms. The molecule has 0 aliphatic heterocycles. The van der Waals surface area contributed by atoms with Gasteiger partial charge in [-0.3, -0.25) is 0 Å². The quantitative estimate of drug-likeness (QED) is 0.664. The van der Waals surface area contributed by atoms with Gasteiger partial charge in [0.05, 0.1) is 10.5 Å². The highest BCUT2D eigenvalue weighted by molar-refractivity contribution is 6.32. The van der Waals surface area contributed by atoms with Gasteiger partial charge in [0.1, 0.15) is 12.4 Å². The Labute approximate surface area is 140 Å². The number of nitrogens with zero attached hydrogens (tertiary/aromatic N) is 2. The zero-order valence-corrected chi connectivity index (χ0v) is 13.8. The van der Waals surface area contributed by atoms with Crippen LogP contribution in [0.1, 0.15) is 13.8 Å². The first-order valence-corrected chi connectivity index (χ1v) is 7.76. The van der Waals surface area contributed by atoms with Crippen LogP contribution in [0.5, 0.6) is 5.75 Å². The Kier molecular flexibility index (Phi) is 4.53. The number of halogens is 1. The summed E-state index contributed by atoms with van der Waals surface area (Å²) in [5, 5.41) is 3.90. The fourth-order valence-corrected chi connectivity index (χ4v) is 2.37. The minimum Gasteiger partial charge on any atom is -0.488 e. The van der Waals surface area contributed by atoms with Crippen LogP contribution in [0.3, 0.4) is 0 Å². The lowest BCUT2D eigenvalue weighted by molar-refractivity contribution is 0.362. The van der Waals surface area contributed by atoms with E-state index in [1.54, 1.807) is 6.20 Å². The predicted molar refractivity (Wildman–Crippen MR) is 94.9 cm³/mol. The molecule has 2 aromatic heterocycles. The largest absolute Gasteiger partial charge is 0.488 e. The van der Waals surface area contributed by atoms with Crippen LogP contribution in [0.4, 0.5) is 11.5 Å². The third kappa shape index (κ3) is 3.66. The van der Waals surface area contributed by atoms with E-state index >= 15 is 0 Å². The first-order valence-electron chi connectivity index (χ1n) is 7.38. The average Bonchev–Trinajstić information content (AvgIpc) is 2.99. The SMILES string of the molecule is CC(C)=CCOc1cc(Nc2nccn3cccc23)ccc1Cl. The zero-order valence-electron chi connectivity index (χ0n) is 13.1. The number of fused-ring (bicyclic) bond motifs is 1. The predicted octanol–water partition coefficient (Wildman–Crippen LogP) is 5.08. The minimum absolute atomic E-state index is 0.498. The topological polar surface area (TPSA) is 38.6 Å². The molecule has 0 aliphatic rings. The molecular formula is C18H18ClN3O. The number of aromatic nitrogens is 2. The van der Waals surface area contributed by atoms with E-state index in [-0.39, 0.29) is 0 Å². The molecule has 118 valence electrons. The molecule has 0 unspecified atom stereocenters. The number of ether oxygens (including phenoxy) is 1. The Hall–Kier alpha value is -2.46. The second kappa shape index (κ2) is 6.75. The number of benzene rings is 1. The molecule has 2 heterocycles. The first kappa shape index (κ1) is 15.4. The second-order valence-electron chi connectivity index (χ2n) is 5.44. The summed E-state index contributed by atoms with van der Waals surface area (Å²) in [6.45, 7) is 4.57. The van der Waals surface area contributed by atoms with E-state index in [0.29, 0.717) is 17.4 Å². The lowest BCUT2D eigenvalue weighted by atomic mass is 10.3. The van der Waals surface area contributed by atoms with Crippen molar-refractivity contribution in [3.8, 4) is 5.75 Å². The molecule has 1 N–H and O–H groups in total. The van der Waals surface area contributed by atoms with Crippen LogP contribution >= 0.6 is 11.6 Å². The van der Waals surface area contributed by atoms with Crippen molar-refractivity contribution in [2.45, 2.75) is 13.8 Å². The summed E-state index contributed by atoms with van der Waals surface area (Å²) in [6, 6.07) is 9.61. The van der Waals surface area contributed by atoms with Gasteiger partial charge >= 0.3 is 0 Å². The van der Waals surface area contributed by atoms with Crippen molar-refractivity contribution in [3.05, 3.63) is 65.6 Å². The maximum Gasteiger partial charge on any atom is 0.154 e. The van der Waals surface area contributed by atoms with Crippen LogP contribution < -0.4 is 10.1 Å². The van der Waals surface area contributed by atoms with Crippen molar-refractivity contribution < 1.29 is 4.74 Å². The van der Waals surface area contributed by atoms with E-state index < -0.39 is 0 Å². The van der Waals surface area contributed by atoms with Crippen LogP contribution in [-0.2, 0) is 0 Å². The number of anilines is 2. The lowest BCUT2D eigenvalue weighted by Crippen LogP contribution is -1.99. The highest BCUT2D eigenvalue weighted by Gasteiger charge is 2.06. The van der Waals surface area contributed by atoms with Gasteiger partial charge < -0.3 is 14.5 Å². The van der Waals surface area contributed by atoms with Gasteiger partial charge in [-0.2, -0.15) is 0 Å². The first-order chi connectivity index (χ1) is 11.1. The van der Waals surface area contributed by atoms with Gasteiger partial charge in [-0.05, 0) is 44.2 Å². The molecule has 3 aromatic rings. The van der Waals surface area contributed by atoms with Crippen LogP contribution in [0, 0.1) is 0 Å². The highest BCUT2D eigenvalue weighted by atomic mass is 35.5. The molecule has 0 radical (unpaired) electrons. The number of nitrogens with one attached hydrogen (secondary N) is 1. The monoisotopic (exact) mass is 327 g/mol. The smallest absolute Gasteiger partial charge is 0.154 e. The molecule has 0 saturated heterocycles. The second-order valence-corrected chi connectivity index (χ2v) is 5.85. The van der Waals surface area contributed by atoms with E-state index in [1.807, 2.05) is 67.0 Å². The summed E-state index contributed by atoms with van der Waals surface area (Å²) >= 11 is 6.20. The third-order valence-corrected chi connectivity index (χ3v) is 3.69. The summed E-state index contributed by atoms with van der Waals surface area (Å²) in [5.41, 5.74) is 3.09. The molecule has 23 heavy (non-hydrogen) atoms. The van der Waals surface area contributed by atoms with E-state index in [4.69, 9.17) is 16.3 Å². The van der Waals surface area contributed by atoms with Crippen LogP contribution in [0.25, 0.3) is 5.52 Å². The normalized spacial score (nSPS) is 10.6. The van der Waals surface area contributed by atoms with E-state index in [1.165, 1.54) is 5.57 Å². The van der Waals surface area contributed by atoms with Gasteiger partial charge in [-0.15, -0.1) is 0 Å². The Balaban J connectivity index is 1.83. The maximum absolute atomic E-state index is 6.20. The lowest BCUT2D eigenvalue weighted by Gasteiger charge is -2.11. The molecule has 4 nitrogen and oxygen atoms in total. The fourth-order valence-electron chi connectivity index (χ4n) is 2.19. The molecule has 0 saturated carbocycles. The van der Waals surface area contributed by atoms with Crippen molar-refractivity contribution in [2.75, 3.05) is 11.9 Å². The number of rotatable bonds is 5. The minimum atomic E-state index is 0.498. The van der Waals surface area contributed by atoms with Crippen molar-refractivity contribution in [2.24, 2.45) is 0 Å². The van der Waals surface area contributed by atoms with Crippen LogP contribution in [0.2, 0.25) is 5.02 Å². The van der Waals surface area contributed by atoms with E-state index in [0.717, 1.165) is 17.0 Å². The highest BCUT2D eigenvalue weighted by Crippen LogP contribution is 2.30. The summed E-state index contributed by atoms with van der Waals surface area (Å²) in [4.78, 5) is 4.40. The van der Waals surface area contributed by atoms with E-state index in [9.17, 15) is 0 Å². The molecule has 3 rings (SSSR count).